The van der Waals surface area contributed by atoms with Crippen molar-refractivity contribution in [3.63, 3.8) is 0 Å². The second kappa shape index (κ2) is 16.6. The van der Waals surface area contributed by atoms with Gasteiger partial charge in [-0.2, -0.15) is 9.97 Å². The molecule has 11 aromatic carbocycles. The van der Waals surface area contributed by atoms with Crippen LogP contribution in [0.4, 0.5) is 0 Å². The van der Waals surface area contributed by atoms with Crippen molar-refractivity contribution in [1.29, 1.82) is 0 Å². The van der Waals surface area contributed by atoms with Gasteiger partial charge in [0.25, 0.3) is 0 Å². The van der Waals surface area contributed by atoms with E-state index in [1.54, 1.807) is 0 Å². The fraction of sp³-hybridized carbons (Fsp3) is 0. The lowest BCUT2D eigenvalue weighted by Crippen LogP contribution is -2.08. The highest BCUT2D eigenvalue weighted by Crippen LogP contribution is 2.44. The first kappa shape index (κ1) is 42.2. The molecule has 7 heteroatoms. The number of para-hydroxylation sites is 6. The van der Waals surface area contributed by atoms with E-state index < -0.39 is 0 Å². The second-order valence-electron chi connectivity index (χ2n) is 19.6. The summed E-state index contributed by atoms with van der Waals surface area (Å²) in [5.41, 5.74) is 16.0. The molecule has 0 radical (unpaired) electrons. The summed E-state index contributed by atoms with van der Waals surface area (Å²) in [6.07, 6.45) is 0. The first-order valence-electron chi connectivity index (χ1n) is 25.8. The maximum atomic E-state index is 5.70. The molecule has 0 saturated carbocycles. The molecular weight excluding hydrogens is 927 g/mol. The minimum absolute atomic E-state index is 0.525. The Kier molecular flexibility index (Phi) is 9.20. The SMILES string of the molecule is c1ccc(-c2ccc(-n3c4ccccc4c4ccc5c6cc(-n7c8ccccc8c8ccccc87)ccc6n(-c6nc(-c7ccccc7)nc(-c7cccc8c9ccccc9n(-c9ccccc9)c78)n6)c5c43)cc2)cc1. The standard InChI is InChI=1S/C69H43N7/c1-4-19-44(20-5-1)45-35-37-48(38-36-45)75-62-34-17-13-28-53(62)55-40-41-56-58-43-49(73-59-31-14-10-25-50(59)51-26-11-15-32-60(51)73)39-42-63(58)76(66(56)65(55)75)69-71-67(46-21-6-2-7-22-46)70-68(72-69)57-30-18-29-54-52-27-12-16-33-61(52)74(64(54)57)47-23-8-3-9-24-47/h1-43H. The van der Waals surface area contributed by atoms with Crippen molar-refractivity contribution in [3.8, 4) is 56.9 Å². The van der Waals surface area contributed by atoms with Gasteiger partial charge in [0.2, 0.25) is 5.95 Å². The Labute approximate surface area is 436 Å². The molecule has 0 aliphatic heterocycles. The number of benzene rings is 11. The van der Waals surface area contributed by atoms with Crippen molar-refractivity contribution >= 4 is 87.2 Å². The van der Waals surface area contributed by atoms with Gasteiger partial charge in [0.15, 0.2) is 11.6 Å². The maximum Gasteiger partial charge on any atom is 0.238 e. The molecule has 354 valence electrons. The molecule has 5 aromatic heterocycles. The Hall–Kier alpha value is -10.4. The zero-order valence-corrected chi connectivity index (χ0v) is 41.0. The van der Waals surface area contributed by atoms with Gasteiger partial charge in [-0.1, -0.05) is 188 Å². The highest BCUT2D eigenvalue weighted by Gasteiger charge is 2.26. The Balaban J connectivity index is 1.04. The van der Waals surface area contributed by atoms with Gasteiger partial charge >= 0.3 is 0 Å². The molecule has 0 saturated heterocycles. The van der Waals surface area contributed by atoms with Crippen LogP contribution in [0.3, 0.4) is 0 Å². The molecule has 0 spiro atoms. The summed E-state index contributed by atoms with van der Waals surface area (Å²) < 4.78 is 9.50. The molecule has 0 aliphatic rings. The molecule has 16 rings (SSSR count). The van der Waals surface area contributed by atoms with E-state index in [-0.39, 0.29) is 0 Å². The first-order valence-corrected chi connectivity index (χ1v) is 25.8. The van der Waals surface area contributed by atoms with Crippen LogP contribution in [0.15, 0.2) is 261 Å². The molecule has 0 aliphatic carbocycles. The van der Waals surface area contributed by atoms with Crippen LogP contribution in [0.1, 0.15) is 0 Å². The molecule has 76 heavy (non-hydrogen) atoms. The van der Waals surface area contributed by atoms with Gasteiger partial charge in [-0.15, -0.1) is 0 Å². The summed E-state index contributed by atoms with van der Waals surface area (Å²) in [5.74, 6) is 1.69. The molecule has 0 N–H and O–H groups in total. The van der Waals surface area contributed by atoms with Crippen LogP contribution in [0.5, 0.6) is 0 Å². The van der Waals surface area contributed by atoms with E-state index >= 15 is 0 Å². The van der Waals surface area contributed by atoms with E-state index in [0.29, 0.717) is 17.6 Å². The lowest BCUT2D eigenvalue weighted by atomic mass is 10.1. The zero-order valence-electron chi connectivity index (χ0n) is 41.0. The van der Waals surface area contributed by atoms with Crippen molar-refractivity contribution in [2.24, 2.45) is 0 Å². The largest absolute Gasteiger partial charge is 0.309 e. The highest BCUT2D eigenvalue weighted by molar-refractivity contribution is 6.24. The number of hydrogen-bond acceptors (Lipinski definition) is 3. The zero-order chi connectivity index (χ0) is 49.8. The summed E-state index contributed by atoms with van der Waals surface area (Å²) >= 11 is 0. The third kappa shape index (κ3) is 6.26. The third-order valence-corrected chi connectivity index (χ3v) is 15.4. The maximum absolute atomic E-state index is 5.70. The monoisotopic (exact) mass is 969 g/mol. The minimum Gasteiger partial charge on any atom is -0.309 e. The molecule has 5 heterocycles. The van der Waals surface area contributed by atoms with Crippen molar-refractivity contribution in [2.45, 2.75) is 0 Å². The quantitative estimate of drug-likeness (QED) is 0.160. The van der Waals surface area contributed by atoms with Gasteiger partial charge in [0.1, 0.15) is 0 Å². The van der Waals surface area contributed by atoms with Gasteiger partial charge in [-0.05, 0) is 83.9 Å². The van der Waals surface area contributed by atoms with Gasteiger partial charge in [-0.25, -0.2) is 4.98 Å². The predicted octanol–water partition coefficient (Wildman–Crippen LogP) is 17.3. The van der Waals surface area contributed by atoms with Gasteiger partial charge in [-0.3, -0.25) is 4.57 Å². The van der Waals surface area contributed by atoms with Crippen LogP contribution in [0, 0.1) is 0 Å². The van der Waals surface area contributed by atoms with Crippen molar-refractivity contribution < 1.29 is 0 Å². The molecule has 0 amide bonds. The fourth-order valence-electron chi connectivity index (χ4n) is 12.1. The second-order valence-corrected chi connectivity index (χ2v) is 19.6. The Morgan fingerprint density at radius 3 is 1.28 bits per heavy atom. The Morgan fingerprint density at radius 2 is 0.645 bits per heavy atom. The Bertz CT molecular complexity index is 4910. The van der Waals surface area contributed by atoms with E-state index in [1.165, 1.54) is 16.3 Å². The van der Waals surface area contributed by atoms with Gasteiger partial charge < -0.3 is 13.7 Å². The van der Waals surface area contributed by atoms with Crippen LogP contribution >= 0.6 is 0 Å². The summed E-state index contributed by atoms with van der Waals surface area (Å²) in [5, 5.41) is 9.20. The number of rotatable bonds is 7. The normalized spacial score (nSPS) is 11.9. The predicted molar refractivity (Wildman–Crippen MR) is 313 cm³/mol. The van der Waals surface area contributed by atoms with Crippen molar-refractivity contribution in [3.05, 3.63) is 261 Å². The number of nitrogens with zero attached hydrogens (tertiary/aromatic N) is 7. The van der Waals surface area contributed by atoms with Crippen molar-refractivity contribution in [1.82, 2.24) is 33.2 Å². The molecule has 0 bridgehead atoms. The van der Waals surface area contributed by atoms with Crippen molar-refractivity contribution in [2.75, 3.05) is 0 Å². The lowest BCUT2D eigenvalue weighted by Gasteiger charge is -2.15. The average molecular weight is 970 g/mol. The summed E-state index contributed by atoms with van der Waals surface area (Å²) in [6.45, 7) is 0. The minimum atomic E-state index is 0.525. The van der Waals surface area contributed by atoms with E-state index in [4.69, 9.17) is 15.0 Å². The summed E-state index contributed by atoms with van der Waals surface area (Å²) in [7, 11) is 0. The smallest absolute Gasteiger partial charge is 0.238 e. The topological polar surface area (TPSA) is 58.4 Å². The number of hydrogen-bond donors (Lipinski definition) is 0. The average Bonchev–Trinajstić information content (AvgIpc) is 4.30. The van der Waals surface area contributed by atoms with Crippen LogP contribution < -0.4 is 0 Å². The summed E-state index contributed by atoms with van der Waals surface area (Å²) in [4.78, 5) is 16.7. The fourth-order valence-corrected chi connectivity index (χ4v) is 12.1. The summed E-state index contributed by atoms with van der Waals surface area (Å²) in [6, 6.07) is 93.3. The molecular formula is C69H43N7. The molecule has 7 nitrogen and oxygen atoms in total. The van der Waals surface area contributed by atoms with Crippen LogP contribution in [0.2, 0.25) is 0 Å². The van der Waals surface area contributed by atoms with E-state index in [0.717, 1.165) is 110 Å². The number of aromatic nitrogens is 7. The molecule has 0 fully saturated rings. The molecule has 0 unspecified atom stereocenters. The van der Waals surface area contributed by atoms with E-state index in [2.05, 4.69) is 261 Å². The van der Waals surface area contributed by atoms with Crippen LogP contribution in [0.25, 0.3) is 144 Å². The van der Waals surface area contributed by atoms with E-state index in [1.807, 2.05) is 18.2 Å². The van der Waals surface area contributed by atoms with Crippen LogP contribution in [-0.2, 0) is 0 Å². The van der Waals surface area contributed by atoms with E-state index in [9.17, 15) is 0 Å². The lowest BCUT2D eigenvalue weighted by molar-refractivity contribution is 0.953. The van der Waals surface area contributed by atoms with Gasteiger partial charge in [0.05, 0.1) is 44.1 Å². The third-order valence-electron chi connectivity index (χ3n) is 15.4. The molecule has 0 atom stereocenters. The van der Waals surface area contributed by atoms with Crippen LogP contribution in [-0.4, -0.2) is 33.2 Å². The molecule has 16 aromatic rings. The first-order chi connectivity index (χ1) is 37.7. The highest BCUT2D eigenvalue weighted by atomic mass is 15.2. The van der Waals surface area contributed by atoms with Gasteiger partial charge in [0, 0.05) is 71.3 Å². The Morgan fingerprint density at radius 1 is 0.224 bits per heavy atom. The number of fused-ring (bicyclic) bond motifs is 13.